The zero-order valence-corrected chi connectivity index (χ0v) is 14.6. The number of nitrogens with one attached hydrogen (secondary N) is 1. The van der Waals surface area contributed by atoms with Gasteiger partial charge in [0.15, 0.2) is 5.78 Å². The largest absolute Gasteiger partial charge is 0.497 e. The number of pyridine rings is 1. The van der Waals surface area contributed by atoms with Crippen molar-refractivity contribution >= 4 is 38.9 Å². The predicted molar refractivity (Wildman–Crippen MR) is 94.2 cm³/mol. The van der Waals surface area contributed by atoms with E-state index in [1.807, 2.05) is 0 Å². The first kappa shape index (κ1) is 17.5. The lowest BCUT2D eigenvalue weighted by molar-refractivity contribution is -0.136. The summed E-state index contributed by atoms with van der Waals surface area (Å²) in [6.07, 6.45) is -5.06. The summed E-state index contributed by atoms with van der Waals surface area (Å²) < 4.78 is 46.3. The third-order valence-electron chi connectivity index (χ3n) is 4.19. The van der Waals surface area contributed by atoms with Crippen LogP contribution in [0.3, 0.4) is 0 Å². The molecule has 9 heteroatoms. The Bertz CT molecular complexity index is 1090. The second-order valence-corrected chi connectivity index (χ2v) is 6.91. The fourth-order valence-corrected chi connectivity index (χ4v) is 4.05. The zero-order valence-electron chi connectivity index (χ0n) is 13.8. The maximum Gasteiger partial charge on any atom is 0.417 e. The van der Waals surface area contributed by atoms with E-state index in [4.69, 9.17) is 4.74 Å². The average Bonchev–Trinajstić information content (AvgIpc) is 2.99. The van der Waals surface area contributed by atoms with E-state index in [0.29, 0.717) is 11.3 Å². The number of ether oxygens (including phenoxy) is 1. The van der Waals surface area contributed by atoms with E-state index < -0.39 is 23.4 Å². The molecule has 0 spiro atoms. The molecule has 4 rings (SSSR count). The van der Waals surface area contributed by atoms with Gasteiger partial charge in [0.05, 0.1) is 35.4 Å². The van der Waals surface area contributed by atoms with E-state index in [-0.39, 0.29) is 32.9 Å². The summed E-state index contributed by atoms with van der Waals surface area (Å²) in [5, 5.41) is 2.15. The Morgan fingerprint density at radius 1 is 1.19 bits per heavy atom. The van der Waals surface area contributed by atoms with Crippen molar-refractivity contribution in [2.45, 2.75) is 12.6 Å². The molecule has 2 aromatic heterocycles. The quantitative estimate of drug-likeness (QED) is 0.652. The number of halogens is 3. The molecule has 1 aromatic carbocycles. The van der Waals surface area contributed by atoms with Crippen LogP contribution in [-0.2, 0) is 11.0 Å². The van der Waals surface area contributed by atoms with Crippen molar-refractivity contribution in [3.05, 3.63) is 40.8 Å². The summed E-state index contributed by atoms with van der Waals surface area (Å²) >= 11 is 0.857. The third-order valence-corrected chi connectivity index (χ3v) is 5.32. The molecular formula is C18H11F3N2O3S. The molecule has 0 unspecified atom stereocenters. The summed E-state index contributed by atoms with van der Waals surface area (Å²) in [5.74, 6) is -0.564. The fourth-order valence-electron chi connectivity index (χ4n) is 2.96. The molecule has 3 aromatic rings. The highest BCUT2D eigenvalue weighted by Gasteiger charge is 2.38. The minimum atomic E-state index is -4.68. The summed E-state index contributed by atoms with van der Waals surface area (Å²) in [4.78, 5) is 28.2. The molecule has 1 aliphatic rings. The number of ketones is 1. The number of nitrogens with zero attached hydrogens (tertiary/aromatic N) is 1. The Morgan fingerprint density at radius 2 is 1.89 bits per heavy atom. The van der Waals surface area contributed by atoms with Crippen LogP contribution < -0.4 is 10.1 Å². The van der Waals surface area contributed by atoms with Gasteiger partial charge in [-0.05, 0) is 30.3 Å². The summed E-state index contributed by atoms with van der Waals surface area (Å²) in [7, 11) is 1.49. The molecule has 0 saturated carbocycles. The molecule has 0 aliphatic carbocycles. The minimum absolute atomic E-state index is 0.0520. The molecule has 27 heavy (non-hydrogen) atoms. The van der Waals surface area contributed by atoms with Gasteiger partial charge in [0.1, 0.15) is 10.6 Å². The summed E-state index contributed by atoms with van der Waals surface area (Å²) in [6.45, 7) is 0. The van der Waals surface area contributed by atoms with E-state index in [9.17, 15) is 22.8 Å². The number of aromatic nitrogens is 1. The lowest BCUT2D eigenvalue weighted by Gasteiger charge is -2.15. The number of benzene rings is 1. The smallest absolute Gasteiger partial charge is 0.417 e. The van der Waals surface area contributed by atoms with E-state index in [2.05, 4.69) is 10.3 Å². The number of methoxy groups -OCH3 is 1. The minimum Gasteiger partial charge on any atom is -0.497 e. The first-order chi connectivity index (χ1) is 12.8. The van der Waals surface area contributed by atoms with E-state index in [0.717, 1.165) is 17.4 Å². The predicted octanol–water partition coefficient (Wildman–Crippen LogP) is 4.52. The van der Waals surface area contributed by atoms with Crippen molar-refractivity contribution in [2.24, 2.45) is 0 Å². The van der Waals surface area contributed by atoms with Gasteiger partial charge in [-0.2, -0.15) is 13.2 Å². The molecule has 5 nitrogen and oxygen atoms in total. The Morgan fingerprint density at radius 3 is 2.52 bits per heavy atom. The molecule has 0 bridgehead atoms. The van der Waals surface area contributed by atoms with Crippen LogP contribution >= 0.6 is 11.3 Å². The van der Waals surface area contributed by atoms with Crippen molar-refractivity contribution in [1.82, 2.24) is 4.98 Å². The number of fused-ring (bicyclic) bond motifs is 3. The van der Waals surface area contributed by atoms with Crippen molar-refractivity contribution in [2.75, 3.05) is 12.4 Å². The average molecular weight is 392 g/mol. The summed E-state index contributed by atoms with van der Waals surface area (Å²) in [5.41, 5.74) is -0.442. The molecule has 3 heterocycles. The Labute approximate surface area is 154 Å². The zero-order chi connectivity index (χ0) is 19.3. The van der Waals surface area contributed by atoms with Crippen LogP contribution in [0.2, 0.25) is 0 Å². The van der Waals surface area contributed by atoms with Gasteiger partial charge >= 0.3 is 6.18 Å². The highest BCUT2D eigenvalue weighted by atomic mass is 32.1. The van der Waals surface area contributed by atoms with Crippen LogP contribution in [0, 0.1) is 0 Å². The van der Waals surface area contributed by atoms with E-state index in [1.165, 1.54) is 7.11 Å². The number of hydrogen-bond acceptors (Lipinski definition) is 5. The van der Waals surface area contributed by atoms with Gasteiger partial charge < -0.3 is 10.1 Å². The molecule has 1 N–H and O–H groups in total. The first-order valence-electron chi connectivity index (χ1n) is 7.80. The van der Waals surface area contributed by atoms with Crippen molar-refractivity contribution in [3.8, 4) is 17.0 Å². The molecule has 138 valence electrons. The van der Waals surface area contributed by atoms with Crippen LogP contribution in [0.15, 0.2) is 30.3 Å². The number of thiophene rings is 1. The number of rotatable bonds is 2. The number of amides is 1. The van der Waals surface area contributed by atoms with Crippen molar-refractivity contribution in [3.63, 3.8) is 0 Å². The number of anilines is 1. The number of hydrogen-bond donors (Lipinski definition) is 1. The molecule has 0 radical (unpaired) electrons. The van der Waals surface area contributed by atoms with Crippen LogP contribution in [0.4, 0.5) is 18.9 Å². The van der Waals surface area contributed by atoms with E-state index in [1.54, 1.807) is 24.3 Å². The van der Waals surface area contributed by atoms with Crippen molar-refractivity contribution < 1.29 is 27.5 Å². The van der Waals surface area contributed by atoms with Crippen LogP contribution in [0.5, 0.6) is 5.75 Å². The summed E-state index contributed by atoms with van der Waals surface area (Å²) in [6, 6.07) is 7.39. The first-order valence-corrected chi connectivity index (χ1v) is 8.62. The normalized spacial score (nSPS) is 14.2. The maximum atomic E-state index is 13.7. The number of Topliss-reactive ketones (excluding diaryl/α,β-unsaturated/α-hetero) is 1. The SMILES string of the molecule is COc1ccc(-c2cc(C(F)(F)F)c3c4c(sc3n2)C(=O)CC(=O)N4)cc1. The van der Waals surface area contributed by atoms with Crippen LogP contribution in [-0.4, -0.2) is 23.8 Å². The third kappa shape index (κ3) is 2.93. The van der Waals surface area contributed by atoms with Crippen molar-refractivity contribution in [1.29, 1.82) is 0 Å². The maximum absolute atomic E-state index is 13.7. The van der Waals surface area contributed by atoms with Crippen LogP contribution in [0.1, 0.15) is 21.7 Å². The molecule has 1 amide bonds. The fraction of sp³-hybridized carbons (Fsp3) is 0.167. The van der Waals surface area contributed by atoms with Gasteiger partial charge in [0.2, 0.25) is 5.91 Å². The molecule has 1 aliphatic heterocycles. The highest BCUT2D eigenvalue weighted by molar-refractivity contribution is 7.21. The topological polar surface area (TPSA) is 68.3 Å². The number of carbonyl (C=O) groups is 2. The van der Waals surface area contributed by atoms with Gasteiger partial charge in [0.25, 0.3) is 0 Å². The molecular weight excluding hydrogens is 381 g/mol. The molecule has 0 fully saturated rings. The van der Waals surface area contributed by atoms with Crippen LogP contribution in [0.25, 0.3) is 21.5 Å². The van der Waals surface area contributed by atoms with Gasteiger partial charge in [-0.25, -0.2) is 4.98 Å². The molecule has 0 atom stereocenters. The van der Waals surface area contributed by atoms with Gasteiger partial charge in [0, 0.05) is 10.9 Å². The Kier molecular flexibility index (Phi) is 3.92. The number of carbonyl (C=O) groups excluding carboxylic acids is 2. The van der Waals surface area contributed by atoms with E-state index >= 15 is 0 Å². The monoisotopic (exact) mass is 392 g/mol. The van der Waals surface area contributed by atoms with Gasteiger partial charge in [-0.15, -0.1) is 11.3 Å². The second kappa shape index (κ2) is 6.05. The lowest BCUT2D eigenvalue weighted by Crippen LogP contribution is -2.22. The highest BCUT2D eigenvalue weighted by Crippen LogP contribution is 2.46. The second-order valence-electron chi connectivity index (χ2n) is 5.92. The lowest BCUT2D eigenvalue weighted by atomic mass is 10.0. The number of alkyl halides is 3. The Hall–Kier alpha value is -2.94. The van der Waals surface area contributed by atoms with Gasteiger partial charge in [-0.1, -0.05) is 0 Å². The molecule has 0 saturated heterocycles. The van der Waals surface area contributed by atoms with Gasteiger partial charge in [-0.3, -0.25) is 9.59 Å². The standard InChI is InChI=1S/C18H11F3N2O3S/c1-26-9-4-2-8(3-5-9)11-6-10(18(19,20)21)14-15-16(27-17(14)22-11)12(24)7-13(25)23-15/h2-6H,7H2,1H3,(H,23,25). The Balaban J connectivity index is 1.99.